The van der Waals surface area contributed by atoms with E-state index in [0.717, 1.165) is 31.2 Å². The van der Waals surface area contributed by atoms with Gasteiger partial charge < -0.3 is 10.6 Å². The Hall–Kier alpha value is -2.70. The van der Waals surface area contributed by atoms with Gasteiger partial charge in [-0.05, 0) is 30.4 Å². The average molecular weight is 341 g/mol. The summed E-state index contributed by atoms with van der Waals surface area (Å²) in [6.07, 6.45) is 10.8. The van der Waals surface area contributed by atoms with Crippen LogP contribution in [-0.2, 0) is 16.6 Å². The molecular formula is C18H23N5O2. The van der Waals surface area contributed by atoms with Crippen molar-refractivity contribution in [2.45, 2.75) is 38.1 Å². The molecule has 3 rings (SSSR count). The highest BCUT2D eigenvalue weighted by Crippen LogP contribution is 2.34. The molecule has 0 aromatic carbocycles. The Morgan fingerprint density at radius 3 is 2.64 bits per heavy atom. The molecule has 1 aliphatic carbocycles. The highest BCUT2D eigenvalue weighted by atomic mass is 16.2. The molecule has 7 nitrogen and oxygen atoms in total. The van der Waals surface area contributed by atoms with Gasteiger partial charge in [-0.1, -0.05) is 25.3 Å². The van der Waals surface area contributed by atoms with E-state index in [9.17, 15) is 9.59 Å². The van der Waals surface area contributed by atoms with Gasteiger partial charge in [0.15, 0.2) is 5.82 Å². The van der Waals surface area contributed by atoms with E-state index in [0.29, 0.717) is 11.7 Å². The number of pyridine rings is 1. The van der Waals surface area contributed by atoms with Gasteiger partial charge in [-0.3, -0.25) is 19.3 Å². The summed E-state index contributed by atoms with van der Waals surface area (Å²) in [6.45, 7) is 0. The van der Waals surface area contributed by atoms with Crippen molar-refractivity contribution in [1.29, 1.82) is 0 Å². The van der Waals surface area contributed by atoms with Gasteiger partial charge in [0.05, 0.1) is 6.04 Å². The Bertz CT molecular complexity index is 722. The van der Waals surface area contributed by atoms with Gasteiger partial charge >= 0.3 is 11.8 Å². The maximum absolute atomic E-state index is 12.4. The molecule has 0 saturated heterocycles. The first kappa shape index (κ1) is 17.1. The van der Waals surface area contributed by atoms with Crippen molar-refractivity contribution in [2.24, 2.45) is 13.0 Å². The van der Waals surface area contributed by atoms with Crippen LogP contribution in [-0.4, -0.2) is 26.6 Å². The molecule has 1 atom stereocenters. The van der Waals surface area contributed by atoms with Crippen molar-refractivity contribution in [3.05, 3.63) is 42.4 Å². The zero-order valence-electron chi connectivity index (χ0n) is 14.3. The molecular weight excluding hydrogens is 318 g/mol. The molecule has 1 aliphatic rings. The minimum atomic E-state index is -0.705. The Morgan fingerprint density at radius 1 is 1.20 bits per heavy atom. The summed E-state index contributed by atoms with van der Waals surface area (Å²) in [5.41, 5.74) is 0.938. The summed E-state index contributed by atoms with van der Waals surface area (Å²) < 4.78 is 1.56. The Balaban J connectivity index is 1.70. The Labute approximate surface area is 146 Å². The Kier molecular flexibility index (Phi) is 5.42. The van der Waals surface area contributed by atoms with E-state index in [2.05, 4.69) is 20.7 Å². The van der Waals surface area contributed by atoms with Crippen LogP contribution in [0.4, 0.5) is 5.82 Å². The lowest BCUT2D eigenvalue weighted by Crippen LogP contribution is -2.41. The average Bonchev–Trinajstić information content (AvgIpc) is 3.05. The predicted octanol–water partition coefficient (Wildman–Crippen LogP) is 2.19. The first-order chi connectivity index (χ1) is 12.1. The van der Waals surface area contributed by atoms with Crippen LogP contribution in [0.3, 0.4) is 0 Å². The molecule has 25 heavy (non-hydrogen) atoms. The molecule has 2 N–H and O–H groups in total. The summed E-state index contributed by atoms with van der Waals surface area (Å²) in [4.78, 5) is 28.7. The summed E-state index contributed by atoms with van der Waals surface area (Å²) >= 11 is 0. The van der Waals surface area contributed by atoms with Gasteiger partial charge in [0.1, 0.15) is 0 Å². The van der Waals surface area contributed by atoms with Gasteiger partial charge in [-0.15, -0.1) is 0 Å². The number of carbonyl (C=O) groups excluding carboxylic acids is 2. The van der Waals surface area contributed by atoms with Crippen LogP contribution in [0.5, 0.6) is 0 Å². The van der Waals surface area contributed by atoms with Crippen LogP contribution in [0.25, 0.3) is 0 Å². The fourth-order valence-corrected chi connectivity index (χ4v) is 3.36. The highest BCUT2D eigenvalue weighted by Gasteiger charge is 2.28. The molecule has 0 radical (unpaired) electrons. The lowest BCUT2D eigenvalue weighted by molar-refractivity contribution is -0.137. The molecule has 7 heteroatoms. The van der Waals surface area contributed by atoms with Gasteiger partial charge in [0, 0.05) is 31.7 Å². The molecule has 1 fully saturated rings. The van der Waals surface area contributed by atoms with Crippen molar-refractivity contribution in [3.63, 3.8) is 0 Å². The lowest BCUT2D eigenvalue weighted by atomic mass is 9.81. The minimum Gasteiger partial charge on any atom is -0.341 e. The largest absolute Gasteiger partial charge is 0.341 e. The molecule has 1 saturated carbocycles. The number of anilines is 1. The lowest BCUT2D eigenvalue weighted by Gasteiger charge is -2.30. The standard InChI is InChI=1S/C18H23N5O2/c1-23-11-9-15(22-23)20-17(24)18(25)21-16(13-6-3-2-4-7-13)14-8-5-10-19-12-14/h5,8-13,16H,2-4,6-7H2,1H3,(H,21,25)(H,20,22,24). The molecule has 2 heterocycles. The van der Waals surface area contributed by atoms with Crippen molar-refractivity contribution in [1.82, 2.24) is 20.1 Å². The fraction of sp³-hybridized carbons (Fsp3) is 0.444. The van der Waals surface area contributed by atoms with E-state index < -0.39 is 11.8 Å². The predicted molar refractivity (Wildman–Crippen MR) is 93.5 cm³/mol. The number of rotatable bonds is 4. The number of carbonyl (C=O) groups is 2. The quantitative estimate of drug-likeness (QED) is 0.834. The Morgan fingerprint density at radius 2 is 2.00 bits per heavy atom. The third kappa shape index (κ3) is 4.43. The van der Waals surface area contributed by atoms with Gasteiger partial charge in [0.2, 0.25) is 0 Å². The number of aryl methyl sites for hydroxylation is 1. The molecule has 2 aromatic heterocycles. The number of hydrogen-bond acceptors (Lipinski definition) is 4. The number of amides is 2. The van der Waals surface area contributed by atoms with Gasteiger partial charge in [-0.25, -0.2) is 0 Å². The van der Waals surface area contributed by atoms with Crippen LogP contribution in [0, 0.1) is 5.92 Å². The van der Waals surface area contributed by atoms with Crippen LogP contribution < -0.4 is 10.6 Å². The normalized spacial score (nSPS) is 16.2. The molecule has 1 unspecified atom stereocenters. The zero-order chi connectivity index (χ0) is 17.6. The summed E-state index contributed by atoms with van der Waals surface area (Å²) in [7, 11) is 1.75. The maximum Gasteiger partial charge on any atom is 0.314 e. The van der Waals surface area contributed by atoms with Crippen molar-refractivity contribution in [3.8, 4) is 0 Å². The molecule has 2 amide bonds. The van der Waals surface area contributed by atoms with E-state index in [1.165, 1.54) is 6.42 Å². The van der Waals surface area contributed by atoms with E-state index in [-0.39, 0.29) is 6.04 Å². The van der Waals surface area contributed by atoms with Crippen LogP contribution in [0.2, 0.25) is 0 Å². The maximum atomic E-state index is 12.4. The van der Waals surface area contributed by atoms with Gasteiger partial charge in [0.25, 0.3) is 0 Å². The number of hydrogen-bond donors (Lipinski definition) is 2. The number of nitrogens with zero attached hydrogens (tertiary/aromatic N) is 3. The summed E-state index contributed by atoms with van der Waals surface area (Å²) in [6, 6.07) is 5.25. The number of nitrogens with one attached hydrogen (secondary N) is 2. The molecule has 2 aromatic rings. The summed E-state index contributed by atoms with van der Waals surface area (Å²) in [5.74, 6) is -0.670. The molecule has 0 aliphatic heterocycles. The van der Waals surface area contributed by atoms with E-state index in [1.54, 1.807) is 36.4 Å². The van der Waals surface area contributed by atoms with Gasteiger partial charge in [-0.2, -0.15) is 5.10 Å². The van der Waals surface area contributed by atoms with E-state index in [1.807, 2.05) is 12.1 Å². The van der Waals surface area contributed by atoms with E-state index in [4.69, 9.17) is 0 Å². The first-order valence-corrected chi connectivity index (χ1v) is 8.65. The van der Waals surface area contributed by atoms with Crippen molar-refractivity contribution in [2.75, 3.05) is 5.32 Å². The zero-order valence-corrected chi connectivity index (χ0v) is 14.3. The highest BCUT2D eigenvalue weighted by molar-refractivity contribution is 6.39. The number of aromatic nitrogens is 3. The molecule has 0 bridgehead atoms. The van der Waals surface area contributed by atoms with Crippen LogP contribution in [0.1, 0.15) is 43.7 Å². The third-order valence-corrected chi connectivity index (χ3v) is 4.61. The summed E-state index contributed by atoms with van der Waals surface area (Å²) in [5, 5.41) is 9.48. The van der Waals surface area contributed by atoms with Crippen LogP contribution >= 0.6 is 0 Å². The van der Waals surface area contributed by atoms with Crippen molar-refractivity contribution >= 4 is 17.6 Å². The first-order valence-electron chi connectivity index (χ1n) is 8.65. The van der Waals surface area contributed by atoms with Crippen molar-refractivity contribution < 1.29 is 9.59 Å². The second-order valence-electron chi connectivity index (χ2n) is 6.46. The fourth-order valence-electron chi connectivity index (χ4n) is 3.36. The smallest absolute Gasteiger partial charge is 0.314 e. The monoisotopic (exact) mass is 341 g/mol. The third-order valence-electron chi connectivity index (χ3n) is 4.61. The molecule has 132 valence electrons. The van der Waals surface area contributed by atoms with Crippen LogP contribution in [0.15, 0.2) is 36.8 Å². The van der Waals surface area contributed by atoms with E-state index >= 15 is 0 Å². The molecule has 0 spiro atoms. The minimum absolute atomic E-state index is 0.198. The second-order valence-corrected chi connectivity index (χ2v) is 6.46. The SMILES string of the molecule is Cn1ccc(NC(=O)C(=O)NC(c2cccnc2)C2CCCCC2)n1. The second kappa shape index (κ2) is 7.92. The topological polar surface area (TPSA) is 88.9 Å².